The van der Waals surface area contributed by atoms with Gasteiger partial charge in [0.2, 0.25) is 0 Å². The van der Waals surface area contributed by atoms with Crippen molar-refractivity contribution < 1.29 is 87.6 Å². The standard InChI is InChI=1S/C10H7F6O6.Y/c1-2-6(17)22-5(3-20-7(18)9(11,12)13)4-21-8(19)10(14,15)16;/h1-2,5H,3-4H2;/q-1;. The molecule has 0 unspecified atom stereocenters. The van der Waals surface area contributed by atoms with Gasteiger partial charge in [0.05, 0.1) is 0 Å². The second kappa shape index (κ2) is 9.86. The Labute approximate surface area is 150 Å². The number of alkyl halides is 6. The van der Waals surface area contributed by atoms with Crippen molar-refractivity contribution in [3.8, 4) is 0 Å². The predicted molar refractivity (Wildman–Crippen MR) is 52.8 cm³/mol. The number of ether oxygens (including phenoxy) is 3. The molecule has 1 radical (unpaired) electrons. The number of hydrogen-bond acceptors (Lipinski definition) is 6. The molecule has 0 aromatic rings. The molecule has 0 saturated carbocycles. The van der Waals surface area contributed by atoms with Gasteiger partial charge in [-0.25, -0.2) is 9.59 Å². The van der Waals surface area contributed by atoms with Crippen LogP contribution in [0.4, 0.5) is 26.3 Å². The Morgan fingerprint density at radius 3 is 1.52 bits per heavy atom. The first-order chi connectivity index (χ1) is 9.87. The molecule has 0 heterocycles. The Kier molecular flexibility index (Phi) is 10.3. The molecule has 23 heavy (non-hydrogen) atoms. The summed E-state index contributed by atoms with van der Waals surface area (Å²) in [7, 11) is 0. The van der Waals surface area contributed by atoms with Gasteiger partial charge in [-0.1, -0.05) is 0 Å². The SMILES string of the molecule is [CH-]=CC(=O)OC(COC(=O)C(F)(F)F)COC(=O)C(F)(F)F.[Y]. The van der Waals surface area contributed by atoms with Gasteiger partial charge in [-0.3, -0.25) is 6.58 Å². The van der Waals surface area contributed by atoms with Gasteiger partial charge in [0.1, 0.15) is 19.3 Å². The van der Waals surface area contributed by atoms with Crippen molar-refractivity contribution in [1.29, 1.82) is 0 Å². The Bertz CT molecular complexity index is 416. The van der Waals surface area contributed by atoms with Crippen molar-refractivity contribution in [3.05, 3.63) is 12.7 Å². The van der Waals surface area contributed by atoms with Gasteiger partial charge in [0.15, 0.2) is 5.97 Å². The van der Waals surface area contributed by atoms with Crippen LogP contribution in [-0.4, -0.2) is 49.6 Å². The first-order valence-electron chi connectivity index (χ1n) is 5.11. The summed E-state index contributed by atoms with van der Waals surface area (Å²) in [5.41, 5.74) is 0. The summed E-state index contributed by atoms with van der Waals surface area (Å²) < 4.78 is 82.7. The first kappa shape index (κ1) is 24.1. The second-order valence-corrected chi connectivity index (χ2v) is 3.42. The number of carbonyl (C=O) groups is 3. The van der Waals surface area contributed by atoms with E-state index in [2.05, 4.69) is 14.2 Å². The summed E-state index contributed by atoms with van der Waals surface area (Å²) in [5, 5.41) is 0. The monoisotopic (exact) mass is 426 g/mol. The van der Waals surface area contributed by atoms with E-state index in [1.54, 1.807) is 0 Å². The molecular weight excluding hydrogens is 419 g/mol. The van der Waals surface area contributed by atoms with E-state index in [1.165, 1.54) is 0 Å². The van der Waals surface area contributed by atoms with Gasteiger partial charge in [0.25, 0.3) is 0 Å². The molecule has 13 heteroatoms. The van der Waals surface area contributed by atoms with E-state index in [4.69, 9.17) is 6.58 Å². The minimum absolute atomic E-state index is 0. The van der Waals surface area contributed by atoms with Gasteiger partial charge in [-0.05, 0) is 0 Å². The van der Waals surface area contributed by atoms with Crippen molar-refractivity contribution in [2.24, 2.45) is 0 Å². The van der Waals surface area contributed by atoms with Gasteiger partial charge < -0.3 is 19.0 Å². The molecule has 0 bridgehead atoms. The summed E-state index contributed by atoms with van der Waals surface area (Å²) >= 11 is 0. The number of rotatable bonds is 6. The zero-order valence-corrected chi connectivity index (χ0v) is 13.8. The fourth-order valence-corrected chi connectivity index (χ4v) is 0.821. The van der Waals surface area contributed by atoms with E-state index in [9.17, 15) is 40.7 Å². The minimum atomic E-state index is -5.36. The fraction of sp³-hybridized carbons (Fsp3) is 0.500. The first-order valence-corrected chi connectivity index (χ1v) is 5.11. The van der Waals surface area contributed by atoms with Gasteiger partial charge in [-0.2, -0.15) is 32.4 Å². The van der Waals surface area contributed by atoms with E-state index in [0.29, 0.717) is 6.08 Å². The van der Waals surface area contributed by atoms with Crippen LogP contribution in [0, 0.1) is 6.58 Å². The summed E-state index contributed by atoms with van der Waals surface area (Å²) in [6, 6.07) is 0. The van der Waals surface area contributed by atoms with Crippen LogP contribution < -0.4 is 0 Å². The molecule has 0 aliphatic rings. The molecule has 0 aromatic heterocycles. The van der Waals surface area contributed by atoms with Crippen LogP contribution in [0.5, 0.6) is 0 Å². The molecule has 0 N–H and O–H groups in total. The van der Waals surface area contributed by atoms with E-state index >= 15 is 0 Å². The van der Waals surface area contributed by atoms with Crippen molar-refractivity contribution in [3.63, 3.8) is 0 Å². The summed E-state index contributed by atoms with van der Waals surface area (Å²) in [4.78, 5) is 31.6. The van der Waals surface area contributed by atoms with E-state index < -0.39 is 49.6 Å². The quantitative estimate of drug-likeness (QED) is 0.208. The zero-order chi connectivity index (χ0) is 17.6. The van der Waals surface area contributed by atoms with Gasteiger partial charge in [-0.15, -0.1) is 0 Å². The van der Waals surface area contributed by atoms with E-state index in [0.717, 1.165) is 0 Å². The predicted octanol–water partition coefficient (Wildman–Crippen LogP) is 1.10. The second-order valence-electron chi connectivity index (χ2n) is 3.42. The van der Waals surface area contributed by atoms with Crippen LogP contribution in [0.15, 0.2) is 6.08 Å². The molecule has 0 amide bonds. The van der Waals surface area contributed by atoms with Crippen LogP contribution in [0.25, 0.3) is 0 Å². The third-order valence-electron chi connectivity index (χ3n) is 1.68. The molecule has 0 saturated heterocycles. The minimum Gasteiger partial charge on any atom is -0.537 e. The van der Waals surface area contributed by atoms with Crippen LogP contribution in [0.3, 0.4) is 0 Å². The summed E-state index contributed by atoms with van der Waals surface area (Å²) in [6.07, 6.45) is -12.3. The summed E-state index contributed by atoms with van der Waals surface area (Å²) in [5.74, 6) is -6.70. The Morgan fingerprint density at radius 2 is 1.26 bits per heavy atom. The zero-order valence-electron chi connectivity index (χ0n) is 10.9. The van der Waals surface area contributed by atoms with Crippen molar-refractivity contribution in [2.45, 2.75) is 18.5 Å². The Balaban J connectivity index is 0. The molecule has 0 aliphatic heterocycles. The third-order valence-corrected chi connectivity index (χ3v) is 1.68. The average Bonchev–Trinajstić information content (AvgIpc) is 2.38. The molecule has 0 atom stereocenters. The van der Waals surface area contributed by atoms with E-state index in [1.807, 2.05) is 0 Å². The van der Waals surface area contributed by atoms with Crippen molar-refractivity contribution in [2.75, 3.05) is 13.2 Å². The maximum Gasteiger partial charge on any atom is 0.490 e. The van der Waals surface area contributed by atoms with Gasteiger partial charge in [0, 0.05) is 32.7 Å². The molecule has 6 nitrogen and oxygen atoms in total. The van der Waals surface area contributed by atoms with Gasteiger partial charge >= 0.3 is 24.3 Å². The average molecular weight is 426 g/mol. The van der Waals surface area contributed by atoms with E-state index in [-0.39, 0.29) is 32.7 Å². The molecule has 0 aliphatic carbocycles. The molecule has 0 rings (SSSR count). The molecular formula is C10H7F6O6Y-. The van der Waals surface area contributed by atoms with Crippen molar-refractivity contribution in [1.82, 2.24) is 0 Å². The summed E-state index contributed by atoms with van der Waals surface area (Å²) in [6.45, 7) is 2.09. The van der Waals surface area contributed by atoms with Crippen LogP contribution in [-0.2, 0) is 61.3 Å². The number of esters is 3. The largest absolute Gasteiger partial charge is 0.537 e. The van der Waals surface area contributed by atoms with Crippen LogP contribution in [0.1, 0.15) is 0 Å². The maximum atomic E-state index is 11.9. The third kappa shape index (κ3) is 10.3. The fourth-order valence-electron chi connectivity index (χ4n) is 0.821. The number of carbonyl (C=O) groups excluding carboxylic acids is 3. The normalized spacial score (nSPS) is 11.3. The molecule has 0 spiro atoms. The van der Waals surface area contributed by atoms with Crippen LogP contribution >= 0.6 is 0 Å². The topological polar surface area (TPSA) is 78.9 Å². The van der Waals surface area contributed by atoms with Crippen molar-refractivity contribution >= 4 is 17.9 Å². The maximum absolute atomic E-state index is 11.9. The molecule has 0 aromatic carbocycles. The Hall–Kier alpha value is -1.17. The van der Waals surface area contributed by atoms with Crippen LogP contribution in [0.2, 0.25) is 0 Å². The molecule has 0 fully saturated rings. The Morgan fingerprint density at radius 1 is 0.913 bits per heavy atom. The molecule has 129 valence electrons. The number of hydrogen-bond donors (Lipinski definition) is 0. The smallest absolute Gasteiger partial charge is 0.490 e. The number of halogens is 6.